The first-order chi connectivity index (χ1) is 12.7. The molecule has 1 aliphatic heterocycles. The fourth-order valence-electron chi connectivity index (χ4n) is 11.0. The molecule has 0 nitrogen and oxygen atoms in total. The van der Waals surface area contributed by atoms with Crippen LogP contribution >= 0.6 is 0 Å². The second-order valence-corrected chi connectivity index (χ2v) is 34.2. The Bertz CT molecular complexity index is 524. The Balaban J connectivity index is 4.67. The van der Waals surface area contributed by atoms with Crippen LogP contribution in [0.25, 0.3) is 0 Å². The Kier molecular flexibility index (Phi) is 7.11. The first-order valence-corrected chi connectivity index (χ1v) is 19.0. The van der Waals surface area contributed by atoms with E-state index in [-0.39, 0.29) is 27.1 Å². The number of hydrogen-bond donors (Lipinski definition) is 0. The Morgan fingerprint density at radius 3 is 0.967 bits per heavy atom. The molecule has 1 heteroatoms. The zero-order valence-corrected chi connectivity index (χ0v) is 27.5. The molecule has 1 heterocycles. The second-order valence-electron chi connectivity index (χ2n) is 16.9. The molecule has 0 aliphatic carbocycles. The van der Waals surface area contributed by atoms with Gasteiger partial charge in [-0.2, -0.15) is 0 Å². The van der Waals surface area contributed by atoms with E-state index >= 15 is 0 Å². The van der Waals surface area contributed by atoms with Crippen molar-refractivity contribution < 1.29 is 0 Å². The van der Waals surface area contributed by atoms with E-state index in [4.69, 9.17) is 0 Å². The average molecular weight is 528 g/mol. The fraction of sp³-hybridized carbons (Fsp3) is 1.00. The molecule has 0 radical (unpaired) electrons. The van der Waals surface area contributed by atoms with Crippen LogP contribution in [0.2, 0.25) is 14.7 Å². The summed E-state index contributed by atoms with van der Waals surface area (Å²) in [5, 5.41) is 0. The van der Waals surface area contributed by atoms with Gasteiger partial charge in [-0.05, 0) is 0 Å². The molecule has 1 aliphatic rings. The van der Waals surface area contributed by atoms with Crippen LogP contribution in [0.3, 0.4) is 0 Å². The summed E-state index contributed by atoms with van der Waals surface area (Å²) in [4.78, 5) is 0. The van der Waals surface area contributed by atoms with Gasteiger partial charge in [0, 0.05) is 0 Å². The molecule has 0 spiro atoms. The van der Waals surface area contributed by atoms with Crippen molar-refractivity contribution in [3.05, 3.63) is 0 Å². The predicted molar refractivity (Wildman–Crippen MR) is 142 cm³/mol. The Morgan fingerprint density at radius 2 is 0.767 bits per heavy atom. The van der Waals surface area contributed by atoms with Crippen molar-refractivity contribution >= 4 is 18.4 Å². The van der Waals surface area contributed by atoms with Gasteiger partial charge in [-0.15, -0.1) is 0 Å². The molecule has 0 bridgehead atoms. The maximum absolute atomic E-state index is 3.10. The molecule has 0 atom stereocenters. The van der Waals surface area contributed by atoms with Crippen LogP contribution < -0.4 is 0 Å². The van der Waals surface area contributed by atoms with Gasteiger partial charge in [-0.25, -0.2) is 0 Å². The van der Waals surface area contributed by atoms with Crippen molar-refractivity contribution in [2.24, 2.45) is 27.1 Å². The van der Waals surface area contributed by atoms with Gasteiger partial charge in [-0.3, -0.25) is 0 Å². The average Bonchev–Trinajstić information content (AvgIpc) is 2.38. The molecule has 0 amide bonds. The van der Waals surface area contributed by atoms with Crippen LogP contribution in [-0.4, -0.2) is 18.4 Å². The molecule has 0 saturated carbocycles. The zero-order valence-electron chi connectivity index (χ0n) is 24.6. The molecule has 1 rings (SSSR count). The van der Waals surface area contributed by atoms with Crippen LogP contribution in [-0.2, 0) is 0 Å². The van der Waals surface area contributed by atoms with Crippen molar-refractivity contribution in [3.8, 4) is 0 Å². The summed E-state index contributed by atoms with van der Waals surface area (Å²) in [5.74, 6) is 0. The molecule has 0 aromatic carbocycles. The molecule has 1 saturated heterocycles. The van der Waals surface area contributed by atoms with Crippen LogP contribution in [0, 0.1) is 27.1 Å². The van der Waals surface area contributed by atoms with Gasteiger partial charge in [0.05, 0.1) is 0 Å². The van der Waals surface area contributed by atoms with Crippen LogP contribution in [0.1, 0.15) is 137 Å². The van der Waals surface area contributed by atoms with Crippen LogP contribution in [0.5, 0.6) is 0 Å². The quantitative estimate of drug-likeness (QED) is 0.275. The fourth-order valence-corrected chi connectivity index (χ4v) is 43.1. The summed E-state index contributed by atoms with van der Waals surface area (Å²) in [6.07, 6.45) is 2.80. The van der Waals surface area contributed by atoms with Crippen molar-refractivity contribution in [2.75, 3.05) is 0 Å². The van der Waals surface area contributed by atoms with Crippen molar-refractivity contribution in [3.63, 3.8) is 0 Å². The molecule has 0 unspecified atom stereocenters. The van der Waals surface area contributed by atoms with E-state index in [1.807, 2.05) is 0 Å². The maximum atomic E-state index is 2.65. The summed E-state index contributed by atoms with van der Waals surface area (Å²) >= 11 is -3.10. The van der Waals surface area contributed by atoms with Gasteiger partial charge in [0.25, 0.3) is 0 Å². The number of hydrogen-bond acceptors (Lipinski definition) is 0. The molecular weight excluding hydrogens is 467 g/mol. The van der Waals surface area contributed by atoms with E-state index in [1.165, 1.54) is 17.3 Å². The van der Waals surface area contributed by atoms with E-state index in [9.17, 15) is 0 Å². The Hall–Kier alpha value is 0.799. The molecule has 0 aromatic rings. The standard InChI is InChI=1S/C21H42.2C4H9.Sn/c1-14-15-21(19(8,9)10,20(11,12)13)16(17(2,3)4)18(5,6)7;2*1-4(2)3;/h1,14-15H2,2-13H3;2*1-3H3;. The van der Waals surface area contributed by atoms with Crippen LogP contribution in [0.4, 0.5) is 0 Å². The molecule has 180 valence electrons. The first-order valence-electron chi connectivity index (χ1n) is 12.7. The summed E-state index contributed by atoms with van der Waals surface area (Å²) in [5.41, 5.74) is 1.24. The van der Waals surface area contributed by atoms with Gasteiger partial charge in [0.1, 0.15) is 0 Å². The summed E-state index contributed by atoms with van der Waals surface area (Å²) in [6.45, 7) is 47.3. The topological polar surface area (TPSA) is 0 Å². The molecular formula is C29H60Sn. The van der Waals surface area contributed by atoms with E-state index in [0.717, 1.165) is 0 Å². The SMILES string of the molecule is CC(C)(C)C1(C(C)(C)C)CC[CH2][Sn]([C](C)(C)C)([C](C)(C)C)[C]1(C(C)(C)C)C(C)(C)C. The predicted octanol–water partition coefficient (Wildman–Crippen LogP) is 10.7. The Morgan fingerprint density at radius 1 is 0.467 bits per heavy atom. The van der Waals surface area contributed by atoms with Gasteiger partial charge in [0.15, 0.2) is 0 Å². The van der Waals surface area contributed by atoms with Gasteiger partial charge >= 0.3 is 198 Å². The minimum absolute atomic E-state index is 0.239. The van der Waals surface area contributed by atoms with E-state index in [0.29, 0.717) is 10.3 Å². The van der Waals surface area contributed by atoms with Crippen molar-refractivity contribution in [1.82, 2.24) is 0 Å². The first kappa shape index (κ1) is 28.8. The molecule has 1 fully saturated rings. The summed E-state index contributed by atoms with van der Waals surface area (Å²) in [7, 11) is 0. The molecule has 30 heavy (non-hydrogen) atoms. The molecule has 0 N–H and O–H groups in total. The number of rotatable bonds is 0. The zero-order chi connectivity index (χ0) is 24.6. The normalized spacial score (nSPS) is 23.4. The second kappa shape index (κ2) is 7.40. The third-order valence-electron chi connectivity index (χ3n) is 9.76. The minimum atomic E-state index is -3.10. The Labute approximate surface area is 197 Å². The van der Waals surface area contributed by atoms with Crippen molar-refractivity contribution in [1.29, 1.82) is 0 Å². The third kappa shape index (κ3) is 3.41. The summed E-state index contributed by atoms with van der Waals surface area (Å²) in [6, 6.07) is 0. The van der Waals surface area contributed by atoms with Crippen molar-refractivity contribution in [2.45, 2.75) is 152 Å². The third-order valence-corrected chi connectivity index (χ3v) is 36.7. The van der Waals surface area contributed by atoms with Gasteiger partial charge < -0.3 is 0 Å². The van der Waals surface area contributed by atoms with Gasteiger partial charge in [-0.1, -0.05) is 0 Å². The van der Waals surface area contributed by atoms with Gasteiger partial charge in [0.2, 0.25) is 0 Å². The van der Waals surface area contributed by atoms with E-state index in [1.54, 1.807) is 0 Å². The van der Waals surface area contributed by atoms with E-state index < -0.39 is 18.4 Å². The van der Waals surface area contributed by atoms with E-state index in [2.05, 4.69) is 125 Å². The monoisotopic (exact) mass is 528 g/mol. The summed E-state index contributed by atoms with van der Waals surface area (Å²) < 4.78 is 2.66. The molecule has 0 aromatic heterocycles. The van der Waals surface area contributed by atoms with Crippen LogP contribution in [0.15, 0.2) is 0 Å².